The van der Waals surface area contributed by atoms with Crippen LogP contribution in [-0.4, -0.2) is 123 Å². The maximum absolute atomic E-state index is 4.63. The number of nitrogens with one attached hydrogen (secondary N) is 2. The smallest absolute Gasteiger partial charge is 0.0658 e. The largest absolute Gasteiger partial charge is 0.355 e. The summed E-state index contributed by atoms with van der Waals surface area (Å²) in [5.41, 5.74) is 7.86. The van der Waals surface area contributed by atoms with E-state index < -0.39 is 0 Å². The molecule has 0 amide bonds. The predicted octanol–water partition coefficient (Wildman–Crippen LogP) is 3.89. The van der Waals surface area contributed by atoms with Crippen molar-refractivity contribution in [2.75, 3.05) is 0 Å². The Kier molecular flexibility index (Phi) is 7.07. The molecule has 116 valence electrons. The van der Waals surface area contributed by atoms with Gasteiger partial charge in [-0.25, -0.2) is 9.97 Å². The Hall–Kier alpha value is -0.127. The molecule has 8 bridgehead atoms. The predicted molar refractivity (Wildman–Crippen MR) is 110 cm³/mol. The Morgan fingerprint density at radius 2 is 0.731 bits per heavy atom. The summed E-state index contributed by atoms with van der Waals surface area (Å²) in [7, 11) is 0. The normalized spacial score (nSPS) is 11.7. The Bertz CT molecular complexity index is 994. The van der Waals surface area contributed by atoms with E-state index in [0.29, 0.717) is 0 Å². The van der Waals surface area contributed by atoms with E-state index in [0.717, 1.165) is 44.8 Å². The molecule has 4 nitrogen and oxygen atoms in total. The summed E-state index contributed by atoms with van der Waals surface area (Å²) in [6, 6.07) is 16.4. The standard InChI is InChI=1S/C20H14N4.2K/c1-2-14-10-16-5-6-18(23-16)12-20-8-7-19(24-20)11-17-4-3-15(22-17)9-13(1)21-14;;/h1-12,21,24H;;. The molecule has 3 aromatic heterocycles. The first-order valence-electron chi connectivity index (χ1n) is 7.85. The summed E-state index contributed by atoms with van der Waals surface area (Å²) in [4.78, 5) is 16.0. The van der Waals surface area contributed by atoms with Crippen LogP contribution in [0.4, 0.5) is 0 Å². The van der Waals surface area contributed by atoms with Crippen LogP contribution in [0.15, 0.2) is 48.5 Å². The van der Waals surface area contributed by atoms with Gasteiger partial charge in [-0.05, 0) is 72.8 Å². The van der Waals surface area contributed by atoms with Crippen LogP contribution in [0.25, 0.3) is 46.4 Å². The first-order chi connectivity index (χ1) is 11.8. The van der Waals surface area contributed by atoms with Crippen LogP contribution in [0, 0.1) is 0 Å². The van der Waals surface area contributed by atoms with E-state index in [4.69, 9.17) is 0 Å². The van der Waals surface area contributed by atoms with Crippen molar-refractivity contribution >= 4 is 149 Å². The first-order valence-corrected chi connectivity index (χ1v) is 7.85. The van der Waals surface area contributed by atoms with Crippen molar-refractivity contribution in [2.45, 2.75) is 0 Å². The second kappa shape index (κ2) is 8.92. The van der Waals surface area contributed by atoms with Gasteiger partial charge in [0.15, 0.2) is 0 Å². The SMILES string of the molecule is C1=Cc2cc3ccc(cc4nc(cc5ccc(cc1n2)[nH]5)C=C4)[nH]3.[K].[K]. The second-order valence-corrected chi connectivity index (χ2v) is 5.91. The Balaban J connectivity index is 0.000000980. The Morgan fingerprint density at radius 1 is 0.462 bits per heavy atom. The first kappa shape index (κ1) is 20.6. The van der Waals surface area contributed by atoms with Gasteiger partial charge in [-0.15, -0.1) is 0 Å². The van der Waals surface area contributed by atoms with E-state index in [-0.39, 0.29) is 103 Å². The summed E-state index contributed by atoms with van der Waals surface area (Å²) in [5.74, 6) is 0. The fraction of sp³-hybridized carbons (Fsp3) is 0. The van der Waals surface area contributed by atoms with Crippen LogP contribution < -0.4 is 0 Å². The van der Waals surface area contributed by atoms with E-state index in [1.807, 2.05) is 48.6 Å². The van der Waals surface area contributed by atoms with Crippen LogP contribution in [-0.2, 0) is 0 Å². The molecule has 5 rings (SSSR count). The molecule has 0 spiro atoms. The molecule has 0 fully saturated rings. The van der Waals surface area contributed by atoms with Gasteiger partial charge in [0.2, 0.25) is 0 Å². The quantitative estimate of drug-likeness (QED) is 0.395. The zero-order valence-corrected chi connectivity index (χ0v) is 21.1. The van der Waals surface area contributed by atoms with E-state index in [1.165, 1.54) is 0 Å². The molecule has 0 unspecified atom stereocenters. The number of H-pyrrole nitrogens is 2. The van der Waals surface area contributed by atoms with E-state index in [1.54, 1.807) is 0 Å². The third kappa shape index (κ3) is 4.64. The van der Waals surface area contributed by atoms with Gasteiger partial charge in [0, 0.05) is 125 Å². The molecule has 6 heteroatoms. The summed E-state index contributed by atoms with van der Waals surface area (Å²) in [6.07, 6.45) is 8.09. The van der Waals surface area contributed by atoms with Crippen LogP contribution >= 0.6 is 0 Å². The maximum atomic E-state index is 4.63. The van der Waals surface area contributed by atoms with Crippen molar-refractivity contribution in [1.82, 2.24) is 19.9 Å². The molecule has 3 aromatic rings. The van der Waals surface area contributed by atoms with Crippen molar-refractivity contribution in [3.05, 3.63) is 71.3 Å². The van der Waals surface area contributed by atoms with E-state index in [9.17, 15) is 0 Å². The fourth-order valence-electron chi connectivity index (χ4n) is 2.94. The third-order valence-corrected chi connectivity index (χ3v) is 4.04. The minimum atomic E-state index is 0. The average molecular weight is 389 g/mol. The molecular weight excluding hydrogens is 374 g/mol. The van der Waals surface area contributed by atoms with E-state index >= 15 is 0 Å². The topological polar surface area (TPSA) is 57.4 Å². The number of hydrogen-bond acceptors (Lipinski definition) is 2. The van der Waals surface area contributed by atoms with Crippen LogP contribution in [0.3, 0.4) is 0 Å². The molecule has 0 aliphatic carbocycles. The van der Waals surface area contributed by atoms with Gasteiger partial charge in [-0.1, -0.05) is 0 Å². The minimum Gasteiger partial charge on any atom is -0.355 e. The second-order valence-electron chi connectivity index (χ2n) is 5.91. The molecule has 2 N–H and O–H groups in total. The molecule has 5 heterocycles. The third-order valence-electron chi connectivity index (χ3n) is 4.04. The van der Waals surface area contributed by atoms with Crippen LogP contribution in [0.5, 0.6) is 0 Å². The molecule has 0 aromatic carbocycles. The molecular formula is C20H14K2N4. The minimum absolute atomic E-state index is 0. The van der Waals surface area contributed by atoms with Crippen LogP contribution in [0.1, 0.15) is 22.8 Å². The molecule has 2 aliphatic rings. The molecule has 2 radical (unpaired) electrons. The zero-order valence-electron chi connectivity index (χ0n) is 14.8. The molecule has 0 atom stereocenters. The van der Waals surface area contributed by atoms with Gasteiger partial charge in [-0.2, -0.15) is 0 Å². The van der Waals surface area contributed by atoms with Crippen molar-refractivity contribution in [3.8, 4) is 0 Å². The van der Waals surface area contributed by atoms with Gasteiger partial charge in [0.1, 0.15) is 0 Å². The van der Waals surface area contributed by atoms with Gasteiger partial charge >= 0.3 is 0 Å². The number of nitrogens with zero attached hydrogens (tertiary/aromatic N) is 2. The van der Waals surface area contributed by atoms with Crippen molar-refractivity contribution < 1.29 is 0 Å². The Labute approximate surface area is 236 Å². The monoisotopic (exact) mass is 388 g/mol. The summed E-state index contributed by atoms with van der Waals surface area (Å²) >= 11 is 0. The van der Waals surface area contributed by atoms with Crippen molar-refractivity contribution in [1.29, 1.82) is 0 Å². The average Bonchev–Trinajstić information content (AvgIpc) is 3.32. The van der Waals surface area contributed by atoms with Crippen LogP contribution in [0.2, 0.25) is 0 Å². The number of aromatic amines is 2. The van der Waals surface area contributed by atoms with Gasteiger partial charge in [-0.3, -0.25) is 0 Å². The number of hydrogen-bond donors (Lipinski definition) is 2. The molecule has 0 saturated heterocycles. The molecule has 0 saturated carbocycles. The van der Waals surface area contributed by atoms with Gasteiger partial charge < -0.3 is 9.97 Å². The molecule has 2 aliphatic heterocycles. The summed E-state index contributed by atoms with van der Waals surface area (Å²) < 4.78 is 0. The molecule has 26 heavy (non-hydrogen) atoms. The number of rotatable bonds is 0. The fourth-order valence-corrected chi connectivity index (χ4v) is 2.94. The van der Waals surface area contributed by atoms with Crippen molar-refractivity contribution in [2.24, 2.45) is 0 Å². The summed E-state index contributed by atoms with van der Waals surface area (Å²) in [5, 5.41) is 0. The maximum Gasteiger partial charge on any atom is 0.0658 e. The van der Waals surface area contributed by atoms with E-state index in [2.05, 4.69) is 44.2 Å². The van der Waals surface area contributed by atoms with Crippen molar-refractivity contribution in [3.63, 3.8) is 0 Å². The Morgan fingerprint density at radius 3 is 1.00 bits per heavy atom. The summed E-state index contributed by atoms with van der Waals surface area (Å²) in [6.45, 7) is 0. The number of fused-ring (bicyclic) bond motifs is 8. The number of aromatic nitrogens is 4. The van der Waals surface area contributed by atoms with Gasteiger partial charge in [0.25, 0.3) is 0 Å². The van der Waals surface area contributed by atoms with Gasteiger partial charge in [0.05, 0.1) is 22.8 Å². The zero-order chi connectivity index (χ0) is 15.9.